The second-order valence-electron chi connectivity index (χ2n) is 4.66. The molecule has 0 unspecified atom stereocenters. The van der Waals surface area contributed by atoms with Crippen molar-refractivity contribution in [1.82, 2.24) is 19.8 Å². The minimum atomic E-state index is -0.299. The Bertz CT molecular complexity index is 872. The van der Waals surface area contributed by atoms with Crippen LogP contribution < -0.4 is 14.8 Å². The van der Waals surface area contributed by atoms with Gasteiger partial charge in [0.25, 0.3) is 5.91 Å². The molecule has 1 aliphatic rings. The summed E-state index contributed by atoms with van der Waals surface area (Å²) in [5.74, 6) is 1.65. The Morgan fingerprint density at radius 2 is 2.09 bits per heavy atom. The highest BCUT2D eigenvalue weighted by atomic mass is 32.1. The standard InChI is InChI=1S/C13H11N5O3S/c1-7-15-16-13-18(7)17-12(22-13)11(19)14-8-2-3-9-10(6-8)21-5-4-20-9/h2-3,6H,4-5H2,1H3,(H,14,19). The van der Waals surface area contributed by atoms with Crippen molar-refractivity contribution in [2.75, 3.05) is 18.5 Å². The van der Waals surface area contributed by atoms with Crippen molar-refractivity contribution in [2.45, 2.75) is 6.92 Å². The van der Waals surface area contributed by atoms with Crippen molar-refractivity contribution in [2.24, 2.45) is 0 Å². The van der Waals surface area contributed by atoms with E-state index in [0.717, 1.165) is 0 Å². The Labute approximate surface area is 128 Å². The molecule has 0 radical (unpaired) electrons. The number of nitrogens with zero attached hydrogens (tertiary/aromatic N) is 4. The first kappa shape index (κ1) is 13.0. The predicted octanol–water partition coefficient (Wildman–Crippen LogP) is 1.52. The van der Waals surface area contributed by atoms with Crippen molar-refractivity contribution < 1.29 is 14.3 Å². The van der Waals surface area contributed by atoms with Crippen LogP contribution in [0.5, 0.6) is 11.5 Å². The van der Waals surface area contributed by atoms with Crippen LogP contribution in [0.4, 0.5) is 5.69 Å². The lowest BCUT2D eigenvalue weighted by Gasteiger charge is -2.18. The van der Waals surface area contributed by atoms with Crippen molar-refractivity contribution >= 4 is 27.9 Å². The van der Waals surface area contributed by atoms with Crippen LogP contribution in [-0.4, -0.2) is 38.9 Å². The summed E-state index contributed by atoms with van der Waals surface area (Å²) in [7, 11) is 0. The first-order valence-corrected chi connectivity index (χ1v) is 7.42. The summed E-state index contributed by atoms with van der Waals surface area (Å²) in [5, 5.41) is 15.1. The third kappa shape index (κ3) is 2.15. The largest absolute Gasteiger partial charge is 0.486 e. The van der Waals surface area contributed by atoms with Gasteiger partial charge in [0.2, 0.25) is 9.97 Å². The fraction of sp³-hybridized carbons (Fsp3) is 0.231. The van der Waals surface area contributed by atoms with E-state index in [1.54, 1.807) is 29.6 Å². The lowest BCUT2D eigenvalue weighted by molar-refractivity contribution is 0.102. The van der Waals surface area contributed by atoms with Crippen LogP contribution in [0.25, 0.3) is 4.96 Å². The molecule has 22 heavy (non-hydrogen) atoms. The average Bonchev–Trinajstić information content (AvgIpc) is 3.10. The number of anilines is 1. The number of carbonyl (C=O) groups excluding carboxylic acids is 1. The van der Waals surface area contributed by atoms with E-state index in [1.165, 1.54) is 11.3 Å². The van der Waals surface area contributed by atoms with Crippen LogP contribution in [0, 0.1) is 6.92 Å². The average molecular weight is 317 g/mol. The number of carbonyl (C=O) groups is 1. The van der Waals surface area contributed by atoms with Gasteiger partial charge in [-0.3, -0.25) is 4.79 Å². The molecule has 4 rings (SSSR count). The van der Waals surface area contributed by atoms with Crippen LogP contribution in [0.2, 0.25) is 0 Å². The molecule has 0 fully saturated rings. The third-order valence-corrected chi connectivity index (χ3v) is 4.04. The van der Waals surface area contributed by atoms with Gasteiger partial charge in [-0.15, -0.1) is 15.3 Å². The summed E-state index contributed by atoms with van der Waals surface area (Å²) >= 11 is 1.18. The zero-order valence-corrected chi connectivity index (χ0v) is 12.4. The highest BCUT2D eigenvalue weighted by molar-refractivity contribution is 7.18. The van der Waals surface area contributed by atoms with Gasteiger partial charge in [0.1, 0.15) is 13.2 Å². The molecule has 2 aromatic heterocycles. The Hall–Kier alpha value is -2.68. The fourth-order valence-electron chi connectivity index (χ4n) is 2.11. The maximum absolute atomic E-state index is 12.3. The molecule has 0 aliphatic carbocycles. The smallest absolute Gasteiger partial charge is 0.286 e. The van der Waals surface area contributed by atoms with E-state index in [2.05, 4.69) is 20.6 Å². The Balaban J connectivity index is 1.58. The number of rotatable bonds is 2. The van der Waals surface area contributed by atoms with Gasteiger partial charge in [0.05, 0.1) is 0 Å². The number of amides is 1. The van der Waals surface area contributed by atoms with Crippen LogP contribution >= 0.6 is 11.3 Å². The molecule has 1 aromatic carbocycles. The molecule has 0 atom stereocenters. The van der Waals surface area contributed by atoms with E-state index in [-0.39, 0.29) is 5.91 Å². The number of fused-ring (bicyclic) bond motifs is 2. The molecule has 1 N–H and O–H groups in total. The molecule has 0 saturated heterocycles. The van der Waals surface area contributed by atoms with Crippen molar-refractivity contribution in [3.63, 3.8) is 0 Å². The first-order valence-electron chi connectivity index (χ1n) is 6.60. The van der Waals surface area contributed by atoms with Crippen LogP contribution in [0.15, 0.2) is 18.2 Å². The van der Waals surface area contributed by atoms with Crippen molar-refractivity contribution in [3.8, 4) is 11.5 Å². The minimum absolute atomic E-state index is 0.299. The van der Waals surface area contributed by atoms with Gasteiger partial charge in [-0.1, -0.05) is 11.3 Å². The van der Waals surface area contributed by atoms with E-state index in [1.807, 2.05) is 0 Å². The highest BCUT2D eigenvalue weighted by Gasteiger charge is 2.17. The molecule has 1 amide bonds. The first-order chi connectivity index (χ1) is 10.7. The molecule has 0 bridgehead atoms. The van der Waals surface area contributed by atoms with E-state index < -0.39 is 0 Å². The lowest BCUT2D eigenvalue weighted by atomic mass is 10.2. The summed E-state index contributed by atoms with van der Waals surface area (Å²) < 4.78 is 12.5. The second-order valence-corrected chi connectivity index (χ2v) is 5.62. The topological polar surface area (TPSA) is 90.6 Å². The van der Waals surface area contributed by atoms with Gasteiger partial charge in [-0.25, -0.2) is 0 Å². The summed E-state index contributed by atoms with van der Waals surface area (Å²) in [6.07, 6.45) is 0. The Morgan fingerprint density at radius 1 is 1.27 bits per heavy atom. The van der Waals surface area contributed by atoms with Gasteiger partial charge in [0.15, 0.2) is 17.3 Å². The maximum atomic E-state index is 12.3. The van der Waals surface area contributed by atoms with E-state index in [0.29, 0.717) is 46.2 Å². The summed E-state index contributed by atoms with van der Waals surface area (Å²) in [5.41, 5.74) is 0.622. The Morgan fingerprint density at radius 3 is 2.91 bits per heavy atom. The van der Waals surface area contributed by atoms with Gasteiger partial charge in [-0.2, -0.15) is 4.52 Å². The predicted molar refractivity (Wildman–Crippen MR) is 78.8 cm³/mol. The number of nitrogens with one attached hydrogen (secondary N) is 1. The fourth-order valence-corrected chi connectivity index (χ4v) is 2.89. The molecular formula is C13H11N5O3S. The molecule has 0 spiro atoms. The quantitative estimate of drug-likeness (QED) is 0.770. The number of ether oxygens (including phenoxy) is 2. The zero-order valence-electron chi connectivity index (χ0n) is 11.6. The van der Waals surface area contributed by atoms with Crippen LogP contribution in [-0.2, 0) is 0 Å². The van der Waals surface area contributed by atoms with Gasteiger partial charge in [-0.05, 0) is 19.1 Å². The Kier molecular flexibility index (Phi) is 2.93. The zero-order chi connectivity index (χ0) is 15.1. The SMILES string of the molecule is Cc1nnc2sc(C(=O)Nc3ccc4c(c3)OCCO4)nn12. The summed E-state index contributed by atoms with van der Waals surface area (Å²) in [6.45, 7) is 2.81. The summed E-state index contributed by atoms with van der Waals surface area (Å²) in [4.78, 5) is 12.9. The number of aryl methyl sites for hydroxylation is 1. The molecular weight excluding hydrogens is 306 g/mol. The van der Waals surface area contributed by atoms with Crippen molar-refractivity contribution in [1.29, 1.82) is 0 Å². The molecule has 3 heterocycles. The number of hydrogen-bond acceptors (Lipinski definition) is 7. The highest BCUT2D eigenvalue weighted by Crippen LogP contribution is 2.32. The second kappa shape index (κ2) is 4.95. The van der Waals surface area contributed by atoms with E-state index in [4.69, 9.17) is 9.47 Å². The minimum Gasteiger partial charge on any atom is -0.486 e. The lowest BCUT2D eigenvalue weighted by Crippen LogP contribution is -2.16. The number of hydrogen-bond donors (Lipinski definition) is 1. The van der Waals surface area contributed by atoms with Crippen LogP contribution in [0.3, 0.4) is 0 Å². The van der Waals surface area contributed by atoms with E-state index in [9.17, 15) is 4.79 Å². The van der Waals surface area contributed by atoms with Gasteiger partial charge >= 0.3 is 0 Å². The summed E-state index contributed by atoms with van der Waals surface area (Å²) in [6, 6.07) is 5.27. The number of aromatic nitrogens is 4. The molecule has 9 heteroatoms. The number of benzene rings is 1. The van der Waals surface area contributed by atoms with Gasteiger partial charge in [0, 0.05) is 11.8 Å². The van der Waals surface area contributed by atoms with Crippen molar-refractivity contribution in [3.05, 3.63) is 29.0 Å². The maximum Gasteiger partial charge on any atom is 0.286 e. The normalized spacial score (nSPS) is 13.3. The molecule has 1 aliphatic heterocycles. The molecule has 8 nitrogen and oxygen atoms in total. The van der Waals surface area contributed by atoms with Crippen LogP contribution in [0.1, 0.15) is 15.6 Å². The van der Waals surface area contributed by atoms with Gasteiger partial charge < -0.3 is 14.8 Å². The monoisotopic (exact) mass is 317 g/mol. The molecule has 112 valence electrons. The molecule has 3 aromatic rings. The molecule has 0 saturated carbocycles. The van der Waals surface area contributed by atoms with E-state index >= 15 is 0 Å². The third-order valence-electron chi connectivity index (χ3n) is 3.14.